The predicted octanol–water partition coefficient (Wildman–Crippen LogP) is -0.446. The van der Waals surface area contributed by atoms with Crippen LogP contribution in [0.2, 0.25) is 0 Å². The first kappa shape index (κ1) is 20.4. The molecule has 0 spiro atoms. The molecular weight excluding hydrogens is 392 g/mol. The summed E-state index contributed by atoms with van der Waals surface area (Å²) < 4.78 is 6.99. The van der Waals surface area contributed by atoms with Crippen molar-refractivity contribution in [3.63, 3.8) is 0 Å². The Hall–Kier alpha value is -2.83. The van der Waals surface area contributed by atoms with Crippen LogP contribution in [0, 0.1) is 0 Å². The summed E-state index contributed by atoms with van der Waals surface area (Å²) >= 11 is 0. The number of hydrogen-bond acceptors (Lipinski definition) is 10. The number of nitrogens with one attached hydrogen (secondary N) is 1. The Bertz CT molecular complexity index is 1020. The first-order chi connectivity index (χ1) is 14.4. The number of aliphatic hydroxyl groups is 4. The average Bonchev–Trinajstić information content (AvgIpc) is 3.29. The van der Waals surface area contributed by atoms with E-state index in [-0.39, 0.29) is 17.4 Å². The molecule has 7 N–H and O–H groups in total. The number of imidazole rings is 1. The number of hydrogen-bond donors (Lipinski definition) is 6. The van der Waals surface area contributed by atoms with Gasteiger partial charge in [-0.15, -0.1) is 0 Å². The molecule has 1 saturated heterocycles. The lowest BCUT2D eigenvalue weighted by atomic mass is 10.0. The summed E-state index contributed by atoms with van der Waals surface area (Å²) in [6.07, 6.45) is -3.91. The summed E-state index contributed by atoms with van der Waals surface area (Å²) in [5.74, 6) is 0.269. The summed E-state index contributed by atoms with van der Waals surface area (Å²) in [6.45, 7) is 1.34. The minimum Gasteiger partial charge on any atom is -0.394 e. The molecule has 1 fully saturated rings. The maximum Gasteiger partial charge on any atom is 0.227 e. The second-order valence-electron chi connectivity index (χ2n) is 7.27. The Balaban J connectivity index is 1.62. The van der Waals surface area contributed by atoms with E-state index in [1.807, 2.05) is 30.3 Å². The third-order valence-corrected chi connectivity index (χ3v) is 5.21. The monoisotopic (exact) mass is 416 g/mol. The van der Waals surface area contributed by atoms with E-state index in [9.17, 15) is 20.4 Å². The molecule has 1 aliphatic heterocycles. The maximum atomic E-state index is 10.6. The number of fused-ring (bicyclic) bond motifs is 1. The van der Waals surface area contributed by atoms with Gasteiger partial charge in [0.15, 0.2) is 17.7 Å². The molecule has 0 radical (unpaired) electrons. The van der Waals surface area contributed by atoms with E-state index in [1.54, 1.807) is 6.92 Å². The molecule has 3 heterocycles. The van der Waals surface area contributed by atoms with E-state index in [2.05, 4.69) is 20.3 Å². The number of aliphatic hydroxyl groups excluding tert-OH is 4. The summed E-state index contributed by atoms with van der Waals surface area (Å²) in [6, 6.07) is 8.74. The van der Waals surface area contributed by atoms with Gasteiger partial charge in [0.1, 0.15) is 23.8 Å². The molecule has 0 saturated carbocycles. The summed E-state index contributed by atoms with van der Waals surface area (Å²) in [5, 5.41) is 43.3. The van der Waals surface area contributed by atoms with Crippen LogP contribution in [0.1, 0.15) is 24.8 Å². The Kier molecular flexibility index (Phi) is 5.54. The van der Waals surface area contributed by atoms with Gasteiger partial charge in [0.25, 0.3) is 0 Å². The SMILES string of the molecule is CC(Nc1nc(N)c2ncn([C@@H]3O[C@H](CO)[C@@H](O)[C@H]3O)c2n1)C(O)c1ccccc1. The quantitative estimate of drug-likeness (QED) is 0.309. The van der Waals surface area contributed by atoms with Gasteiger partial charge in [-0.25, -0.2) is 4.98 Å². The second-order valence-corrected chi connectivity index (χ2v) is 7.27. The first-order valence-electron chi connectivity index (χ1n) is 9.52. The molecule has 0 aliphatic carbocycles. The van der Waals surface area contributed by atoms with Crippen LogP contribution in [0.25, 0.3) is 11.2 Å². The molecule has 30 heavy (non-hydrogen) atoms. The Morgan fingerprint density at radius 3 is 2.60 bits per heavy atom. The van der Waals surface area contributed by atoms with Gasteiger partial charge in [-0.05, 0) is 12.5 Å². The van der Waals surface area contributed by atoms with Gasteiger partial charge in [-0.1, -0.05) is 30.3 Å². The fourth-order valence-corrected chi connectivity index (χ4v) is 3.52. The molecule has 4 rings (SSSR count). The standard InChI is InChI=1S/C19H24N6O5/c1-9(13(27)10-5-3-2-4-6-10)22-19-23-16(20)12-17(24-19)25(8-21-12)18-15(29)14(28)11(7-26)30-18/h2-6,8-9,11,13-15,18,26-29H,7H2,1H3,(H3,20,22,23,24)/t9?,11-,13?,14-,15-,18-/m1/s1. The van der Waals surface area contributed by atoms with E-state index >= 15 is 0 Å². The van der Waals surface area contributed by atoms with E-state index in [0.29, 0.717) is 5.52 Å². The molecule has 6 atom stereocenters. The third-order valence-electron chi connectivity index (χ3n) is 5.21. The highest BCUT2D eigenvalue weighted by atomic mass is 16.6. The fourth-order valence-electron chi connectivity index (χ4n) is 3.52. The van der Waals surface area contributed by atoms with Crippen LogP contribution in [0.3, 0.4) is 0 Å². The van der Waals surface area contributed by atoms with Crippen molar-refractivity contribution in [3.05, 3.63) is 42.2 Å². The van der Waals surface area contributed by atoms with Crippen LogP contribution >= 0.6 is 0 Å². The summed E-state index contributed by atoms with van der Waals surface area (Å²) in [4.78, 5) is 12.8. The van der Waals surface area contributed by atoms with Crippen LogP contribution in [0.5, 0.6) is 0 Å². The van der Waals surface area contributed by atoms with Crippen molar-refractivity contribution in [2.24, 2.45) is 0 Å². The van der Waals surface area contributed by atoms with Crippen molar-refractivity contribution in [2.45, 2.75) is 43.6 Å². The first-order valence-corrected chi connectivity index (χ1v) is 9.52. The average molecular weight is 416 g/mol. The fraction of sp³-hybridized carbons (Fsp3) is 0.421. The minimum atomic E-state index is -1.29. The van der Waals surface area contributed by atoms with E-state index in [0.717, 1.165) is 5.56 Å². The van der Waals surface area contributed by atoms with E-state index < -0.39 is 43.3 Å². The van der Waals surface area contributed by atoms with Crippen molar-refractivity contribution >= 4 is 22.9 Å². The predicted molar refractivity (Wildman–Crippen MR) is 107 cm³/mol. The minimum absolute atomic E-state index is 0.106. The number of nitrogens with two attached hydrogens (primary N) is 1. The zero-order valence-corrected chi connectivity index (χ0v) is 16.2. The lowest BCUT2D eigenvalue weighted by molar-refractivity contribution is -0.0511. The van der Waals surface area contributed by atoms with Crippen molar-refractivity contribution in [3.8, 4) is 0 Å². The molecule has 0 amide bonds. The lowest BCUT2D eigenvalue weighted by Crippen LogP contribution is -2.33. The van der Waals surface area contributed by atoms with E-state index in [4.69, 9.17) is 10.5 Å². The van der Waals surface area contributed by atoms with Crippen molar-refractivity contribution < 1.29 is 25.2 Å². The number of ether oxygens (including phenoxy) is 1. The highest BCUT2D eigenvalue weighted by Crippen LogP contribution is 2.32. The van der Waals surface area contributed by atoms with Crippen LogP contribution in [-0.2, 0) is 4.74 Å². The smallest absolute Gasteiger partial charge is 0.227 e. The van der Waals surface area contributed by atoms with Crippen molar-refractivity contribution in [2.75, 3.05) is 17.7 Å². The zero-order valence-electron chi connectivity index (χ0n) is 16.2. The molecule has 3 aromatic rings. The molecule has 1 aromatic carbocycles. The summed E-state index contributed by atoms with van der Waals surface area (Å²) in [5.41, 5.74) is 7.34. The van der Waals surface area contributed by atoms with Crippen LogP contribution in [-0.4, -0.2) is 70.9 Å². The van der Waals surface area contributed by atoms with Crippen molar-refractivity contribution in [1.82, 2.24) is 19.5 Å². The zero-order chi connectivity index (χ0) is 21.4. The van der Waals surface area contributed by atoms with Gasteiger partial charge in [0.05, 0.1) is 25.1 Å². The Morgan fingerprint density at radius 2 is 1.93 bits per heavy atom. The molecule has 2 aromatic heterocycles. The second kappa shape index (κ2) is 8.13. The molecular formula is C19H24N6O5. The van der Waals surface area contributed by atoms with Crippen LogP contribution in [0.4, 0.5) is 11.8 Å². The summed E-state index contributed by atoms with van der Waals surface area (Å²) in [7, 11) is 0. The Morgan fingerprint density at radius 1 is 1.20 bits per heavy atom. The number of benzene rings is 1. The third kappa shape index (κ3) is 3.57. The number of anilines is 2. The molecule has 1 aliphatic rings. The number of nitrogen functional groups attached to an aromatic ring is 1. The highest BCUT2D eigenvalue weighted by molar-refractivity contribution is 5.83. The maximum absolute atomic E-state index is 10.6. The topological polar surface area (TPSA) is 172 Å². The number of rotatable bonds is 6. The van der Waals surface area contributed by atoms with Crippen molar-refractivity contribution in [1.29, 1.82) is 0 Å². The molecule has 11 heteroatoms. The molecule has 2 unspecified atom stereocenters. The van der Waals surface area contributed by atoms with E-state index in [1.165, 1.54) is 10.9 Å². The number of aromatic nitrogens is 4. The largest absolute Gasteiger partial charge is 0.394 e. The van der Waals surface area contributed by atoms with Crippen LogP contribution < -0.4 is 11.1 Å². The normalized spacial score (nSPS) is 26.0. The lowest BCUT2D eigenvalue weighted by Gasteiger charge is -2.21. The molecule has 160 valence electrons. The Labute approximate surface area is 171 Å². The van der Waals surface area contributed by atoms with Gasteiger partial charge < -0.3 is 36.2 Å². The van der Waals surface area contributed by atoms with Gasteiger partial charge in [-0.3, -0.25) is 4.57 Å². The van der Waals surface area contributed by atoms with Gasteiger partial charge in [-0.2, -0.15) is 9.97 Å². The molecule has 11 nitrogen and oxygen atoms in total. The molecule has 0 bridgehead atoms. The van der Waals surface area contributed by atoms with Crippen LogP contribution in [0.15, 0.2) is 36.7 Å². The highest BCUT2D eigenvalue weighted by Gasteiger charge is 2.44. The number of nitrogens with zero attached hydrogens (tertiary/aromatic N) is 4. The van der Waals surface area contributed by atoms with Gasteiger partial charge in [0.2, 0.25) is 5.95 Å². The van der Waals surface area contributed by atoms with Gasteiger partial charge in [0, 0.05) is 0 Å². The van der Waals surface area contributed by atoms with Gasteiger partial charge >= 0.3 is 0 Å².